The number of hydrogen-bond acceptors (Lipinski definition) is 5. The molecule has 0 saturated heterocycles. The first-order chi connectivity index (χ1) is 15.5. The number of carbonyl (C=O) groups excluding carboxylic acids is 1. The van der Waals surface area contributed by atoms with Crippen LogP contribution in [0.5, 0.6) is 5.75 Å². The zero-order chi connectivity index (χ0) is 22.0. The predicted octanol–water partition coefficient (Wildman–Crippen LogP) is 3.41. The van der Waals surface area contributed by atoms with Crippen LogP contribution in [0, 0.1) is 0 Å². The highest BCUT2D eigenvalue weighted by atomic mass is 32.2. The van der Waals surface area contributed by atoms with Gasteiger partial charge in [0.25, 0.3) is 5.91 Å². The van der Waals surface area contributed by atoms with Crippen molar-refractivity contribution < 1.29 is 14.3 Å². The molecule has 0 spiro atoms. The molecule has 1 saturated carbocycles. The first-order valence-electron chi connectivity index (χ1n) is 10.5. The molecule has 3 heterocycles. The van der Waals surface area contributed by atoms with Crippen LogP contribution in [0.1, 0.15) is 39.6 Å². The van der Waals surface area contributed by atoms with Crippen LogP contribution >= 0.6 is 11.8 Å². The smallest absolute Gasteiger partial charge is 0.278 e. The Morgan fingerprint density at radius 1 is 1.00 bits per heavy atom. The van der Waals surface area contributed by atoms with Gasteiger partial charge in [-0.15, -0.1) is 11.8 Å². The Labute approximate surface area is 187 Å². The molecule has 6 nitrogen and oxygen atoms in total. The van der Waals surface area contributed by atoms with E-state index in [2.05, 4.69) is 24.3 Å². The van der Waals surface area contributed by atoms with Gasteiger partial charge >= 0.3 is 0 Å². The SMILES string of the molecule is O=C1c2c(O)c(=O)ccn2N(C2c3ccccc3CSc3ccccc32)CN1C1C[C@@H]1F. The minimum Gasteiger partial charge on any atom is -0.502 e. The van der Waals surface area contributed by atoms with E-state index in [0.29, 0.717) is 0 Å². The maximum atomic E-state index is 14.1. The van der Waals surface area contributed by atoms with Crippen molar-refractivity contribution in [2.24, 2.45) is 0 Å². The number of carbonyl (C=O) groups is 1. The highest BCUT2D eigenvalue weighted by Crippen LogP contribution is 2.44. The van der Waals surface area contributed by atoms with Gasteiger partial charge in [-0.1, -0.05) is 42.5 Å². The van der Waals surface area contributed by atoms with Gasteiger partial charge in [-0.2, -0.15) is 0 Å². The van der Waals surface area contributed by atoms with Crippen molar-refractivity contribution in [3.05, 3.63) is 93.4 Å². The van der Waals surface area contributed by atoms with E-state index >= 15 is 0 Å². The maximum Gasteiger partial charge on any atom is 0.278 e. The molecule has 1 amide bonds. The van der Waals surface area contributed by atoms with Crippen molar-refractivity contribution in [1.82, 2.24) is 9.58 Å². The molecule has 6 rings (SSSR count). The molecule has 1 aliphatic carbocycles. The van der Waals surface area contributed by atoms with Crippen molar-refractivity contribution in [1.29, 1.82) is 0 Å². The molecule has 3 aliphatic rings. The molecular formula is C24H20FN3O3S. The van der Waals surface area contributed by atoms with Gasteiger partial charge in [0.15, 0.2) is 11.4 Å². The van der Waals surface area contributed by atoms with Gasteiger partial charge in [0.05, 0.1) is 12.1 Å². The number of halogens is 1. The number of pyridine rings is 1. The molecule has 3 atom stereocenters. The third kappa shape index (κ3) is 2.86. The first-order valence-corrected chi connectivity index (χ1v) is 11.5. The molecule has 0 bridgehead atoms. The summed E-state index contributed by atoms with van der Waals surface area (Å²) >= 11 is 1.75. The topological polar surface area (TPSA) is 65.8 Å². The summed E-state index contributed by atoms with van der Waals surface area (Å²) in [4.78, 5) is 28.0. The number of rotatable bonds is 2. The summed E-state index contributed by atoms with van der Waals surface area (Å²) in [7, 11) is 0. The van der Waals surface area contributed by atoms with Crippen LogP contribution in [0.15, 0.2) is 70.5 Å². The minimum absolute atomic E-state index is 0.116. The summed E-state index contributed by atoms with van der Waals surface area (Å²) < 4.78 is 15.6. The van der Waals surface area contributed by atoms with E-state index in [1.807, 2.05) is 29.3 Å². The zero-order valence-corrected chi connectivity index (χ0v) is 17.8. The van der Waals surface area contributed by atoms with E-state index in [1.165, 1.54) is 22.7 Å². The van der Waals surface area contributed by atoms with Crippen molar-refractivity contribution in [2.45, 2.75) is 35.3 Å². The second-order valence-corrected chi connectivity index (χ2v) is 9.34. The summed E-state index contributed by atoms with van der Waals surface area (Å²) in [6, 6.07) is 16.7. The van der Waals surface area contributed by atoms with E-state index in [9.17, 15) is 19.1 Å². The Hall–Kier alpha value is -3.26. The lowest BCUT2D eigenvalue weighted by molar-refractivity contribution is 0.0648. The fourth-order valence-electron chi connectivity index (χ4n) is 4.71. The van der Waals surface area contributed by atoms with Crippen LogP contribution in [0.25, 0.3) is 0 Å². The van der Waals surface area contributed by atoms with Crippen LogP contribution in [-0.4, -0.2) is 39.5 Å². The maximum absolute atomic E-state index is 14.1. The lowest BCUT2D eigenvalue weighted by atomic mass is 9.94. The molecule has 162 valence electrons. The van der Waals surface area contributed by atoms with Crippen molar-refractivity contribution >= 4 is 17.7 Å². The third-order valence-electron chi connectivity index (χ3n) is 6.42. The number of benzene rings is 2. The number of fused-ring (bicyclic) bond motifs is 3. The number of amides is 1. The third-order valence-corrected chi connectivity index (χ3v) is 7.56. The van der Waals surface area contributed by atoms with Gasteiger partial charge in [-0.3, -0.25) is 19.3 Å². The molecule has 8 heteroatoms. The second-order valence-electron chi connectivity index (χ2n) is 8.32. The van der Waals surface area contributed by atoms with Gasteiger partial charge in [0.2, 0.25) is 5.43 Å². The Balaban J connectivity index is 1.60. The highest BCUT2D eigenvalue weighted by molar-refractivity contribution is 7.98. The van der Waals surface area contributed by atoms with Gasteiger partial charge in [-0.05, 0) is 22.8 Å². The molecule has 1 aromatic heterocycles. The van der Waals surface area contributed by atoms with Gasteiger partial charge in [0, 0.05) is 29.3 Å². The number of aromatic nitrogens is 1. The zero-order valence-electron chi connectivity index (χ0n) is 17.0. The molecular weight excluding hydrogens is 429 g/mol. The second kappa shape index (κ2) is 7.13. The summed E-state index contributed by atoms with van der Waals surface area (Å²) in [5, 5.41) is 12.5. The fraction of sp³-hybridized carbons (Fsp3) is 0.250. The van der Waals surface area contributed by atoms with Crippen LogP contribution in [0.4, 0.5) is 4.39 Å². The quantitative estimate of drug-likeness (QED) is 0.650. The van der Waals surface area contributed by atoms with Crippen molar-refractivity contribution in [2.75, 3.05) is 11.7 Å². The minimum atomic E-state index is -1.09. The van der Waals surface area contributed by atoms with Gasteiger partial charge in [-0.25, -0.2) is 4.39 Å². The number of thioether (sulfide) groups is 1. The van der Waals surface area contributed by atoms with Crippen LogP contribution in [0.3, 0.4) is 0 Å². The molecule has 2 unspecified atom stereocenters. The largest absolute Gasteiger partial charge is 0.502 e. The van der Waals surface area contributed by atoms with Crippen LogP contribution in [0.2, 0.25) is 0 Å². The summed E-state index contributed by atoms with van der Waals surface area (Å²) in [6.45, 7) is 0.150. The van der Waals surface area contributed by atoms with Crippen LogP contribution in [-0.2, 0) is 5.75 Å². The summed E-state index contributed by atoms with van der Waals surface area (Å²) in [5.74, 6) is -0.323. The normalized spacial score (nSPS) is 23.8. The summed E-state index contributed by atoms with van der Waals surface area (Å²) in [5.41, 5.74) is 2.57. The Morgan fingerprint density at radius 2 is 1.72 bits per heavy atom. The van der Waals surface area contributed by atoms with E-state index in [-0.39, 0.29) is 24.8 Å². The van der Waals surface area contributed by atoms with Crippen LogP contribution < -0.4 is 10.4 Å². The standard InChI is InChI=1S/C24H20FN3O3S/c25-17-11-18(17)26-13-28(27-10-9-19(29)23(30)22(27)24(26)31)21-15-6-2-1-5-14(15)12-32-20-8-4-3-7-16(20)21/h1-10,17-18,21,30H,11-13H2/t17-,18?,21?/m0/s1. The van der Waals surface area contributed by atoms with Crippen molar-refractivity contribution in [3.63, 3.8) is 0 Å². The average Bonchev–Trinajstić information content (AvgIpc) is 3.56. The highest BCUT2D eigenvalue weighted by Gasteiger charge is 2.49. The number of aromatic hydroxyl groups is 1. The molecule has 2 aromatic carbocycles. The monoisotopic (exact) mass is 449 g/mol. The molecule has 3 aromatic rings. The van der Waals surface area contributed by atoms with Crippen molar-refractivity contribution in [3.8, 4) is 5.75 Å². The Morgan fingerprint density at radius 3 is 2.50 bits per heavy atom. The predicted molar refractivity (Wildman–Crippen MR) is 119 cm³/mol. The lowest BCUT2D eigenvalue weighted by Crippen LogP contribution is -2.56. The van der Waals surface area contributed by atoms with E-state index in [0.717, 1.165) is 21.8 Å². The Kier molecular flexibility index (Phi) is 4.33. The lowest BCUT2D eigenvalue weighted by Gasteiger charge is -2.44. The average molecular weight is 450 g/mol. The number of hydrogen-bond donors (Lipinski definition) is 1. The molecule has 1 fully saturated rings. The first kappa shape index (κ1) is 19.4. The van der Waals surface area contributed by atoms with Gasteiger partial charge in [0.1, 0.15) is 12.8 Å². The molecule has 0 radical (unpaired) electrons. The molecule has 1 N–H and O–H groups in total. The summed E-state index contributed by atoms with van der Waals surface area (Å²) in [6.07, 6.45) is 0.704. The molecule has 32 heavy (non-hydrogen) atoms. The Bertz CT molecular complexity index is 1260. The van der Waals surface area contributed by atoms with Gasteiger partial charge < -0.3 is 10.0 Å². The van der Waals surface area contributed by atoms with E-state index in [4.69, 9.17) is 0 Å². The van der Waals surface area contributed by atoms with E-state index < -0.39 is 29.3 Å². The fourth-order valence-corrected chi connectivity index (χ4v) is 5.80. The van der Waals surface area contributed by atoms with E-state index in [1.54, 1.807) is 16.4 Å². The number of alkyl halides is 1. The number of nitrogens with zero attached hydrogens (tertiary/aromatic N) is 3. The molecule has 2 aliphatic heterocycles.